The van der Waals surface area contributed by atoms with Crippen LogP contribution in [0.25, 0.3) is 0 Å². The quantitative estimate of drug-likeness (QED) is 0.561. The van der Waals surface area contributed by atoms with E-state index >= 15 is 0 Å². The molecule has 1 heterocycles. The standard InChI is InChI=1S/C3H6NO2PS/c1-6-7-4-3(5)2-8-7/h2H2,1H3,(H,4,5). The third-order valence-corrected chi connectivity index (χ3v) is 3.90. The molecule has 1 fully saturated rings. The van der Waals surface area contributed by atoms with Crippen molar-refractivity contribution >= 4 is 24.8 Å². The number of nitrogens with one attached hydrogen (secondary N) is 1. The lowest BCUT2D eigenvalue weighted by Gasteiger charge is -2.01. The highest BCUT2D eigenvalue weighted by atomic mass is 32.7. The molecule has 0 radical (unpaired) electrons. The summed E-state index contributed by atoms with van der Waals surface area (Å²) in [4.78, 5) is 10.4. The van der Waals surface area contributed by atoms with Crippen LogP contribution in [0.2, 0.25) is 0 Å². The van der Waals surface area contributed by atoms with Gasteiger partial charge in [0.2, 0.25) is 5.91 Å². The molecule has 0 bridgehead atoms. The van der Waals surface area contributed by atoms with E-state index in [1.165, 1.54) is 11.4 Å². The summed E-state index contributed by atoms with van der Waals surface area (Å²) in [6.07, 6.45) is 0. The van der Waals surface area contributed by atoms with E-state index in [-0.39, 0.29) is 5.91 Å². The molecule has 0 spiro atoms. The van der Waals surface area contributed by atoms with Gasteiger partial charge in [-0.25, -0.2) is 0 Å². The van der Waals surface area contributed by atoms with Crippen LogP contribution in [0.15, 0.2) is 0 Å². The molecule has 46 valence electrons. The van der Waals surface area contributed by atoms with Gasteiger partial charge >= 0.3 is 0 Å². The van der Waals surface area contributed by atoms with Crippen molar-refractivity contribution in [2.75, 3.05) is 12.9 Å². The van der Waals surface area contributed by atoms with Crippen molar-refractivity contribution in [1.82, 2.24) is 5.09 Å². The number of carbonyl (C=O) groups is 1. The molecule has 8 heavy (non-hydrogen) atoms. The van der Waals surface area contributed by atoms with Gasteiger partial charge in [-0.3, -0.25) is 4.79 Å². The fourth-order valence-electron chi connectivity index (χ4n) is 0.382. The highest BCUT2D eigenvalue weighted by Crippen LogP contribution is 2.49. The van der Waals surface area contributed by atoms with E-state index in [1.807, 2.05) is 0 Å². The van der Waals surface area contributed by atoms with Gasteiger partial charge in [-0.15, -0.1) is 0 Å². The maximum atomic E-state index is 10.4. The summed E-state index contributed by atoms with van der Waals surface area (Å²) in [6.45, 7) is 0. The fourth-order valence-corrected chi connectivity index (χ4v) is 2.86. The Labute approximate surface area is 52.8 Å². The number of carbonyl (C=O) groups excluding carboxylic acids is 1. The molecule has 0 aliphatic carbocycles. The molecule has 0 aromatic heterocycles. The predicted molar refractivity (Wildman–Crippen MR) is 34.5 cm³/mol. The third kappa shape index (κ3) is 1.34. The number of amides is 1. The second-order valence-corrected chi connectivity index (χ2v) is 4.67. The Morgan fingerprint density at radius 3 is 3.00 bits per heavy atom. The van der Waals surface area contributed by atoms with Crippen molar-refractivity contribution in [3.63, 3.8) is 0 Å². The molecule has 1 rings (SSSR count). The predicted octanol–water partition coefficient (Wildman–Crippen LogP) is 0.723. The smallest absolute Gasteiger partial charge is 0.235 e. The minimum Gasteiger partial charge on any atom is -0.334 e. The van der Waals surface area contributed by atoms with E-state index in [2.05, 4.69) is 5.09 Å². The van der Waals surface area contributed by atoms with Crippen LogP contribution < -0.4 is 5.09 Å². The van der Waals surface area contributed by atoms with Crippen molar-refractivity contribution in [2.24, 2.45) is 0 Å². The molecule has 1 saturated heterocycles. The first kappa shape index (κ1) is 6.33. The topological polar surface area (TPSA) is 38.3 Å². The second kappa shape index (κ2) is 2.67. The maximum absolute atomic E-state index is 10.4. The van der Waals surface area contributed by atoms with E-state index in [4.69, 9.17) is 4.52 Å². The van der Waals surface area contributed by atoms with Crippen molar-refractivity contribution in [3.8, 4) is 0 Å². The lowest BCUT2D eigenvalue weighted by Crippen LogP contribution is -2.10. The average molecular weight is 151 g/mol. The van der Waals surface area contributed by atoms with Gasteiger partial charge in [-0.05, 0) is 0 Å². The van der Waals surface area contributed by atoms with Gasteiger partial charge in [0.05, 0.1) is 5.75 Å². The van der Waals surface area contributed by atoms with E-state index < -0.39 is 7.50 Å². The molecule has 1 aliphatic rings. The molecule has 1 amide bonds. The van der Waals surface area contributed by atoms with Crippen LogP contribution in [0.5, 0.6) is 0 Å². The van der Waals surface area contributed by atoms with E-state index in [1.54, 1.807) is 7.11 Å². The van der Waals surface area contributed by atoms with Crippen molar-refractivity contribution in [2.45, 2.75) is 0 Å². The van der Waals surface area contributed by atoms with Gasteiger partial charge < -0.3 is 9.61 Å². The Morgan fingerprint density at radius 1 is 2.00 bits per heavy atom. The number of hydrogen-bond donors (Lipinski definition) is 1. The minimum absolute atomic E-state index is 0.0861. The molecule has 3 nitrogen and oxygen atoms in total. The maximum Gasteiger partial charge on any atom is 0.235 e. The molecule has 1 atom stereocenters. The fraction of sp³-hybridized carbons (Fsp3) is 0.667. The van der Waals surface area contributed by atoms with Gasteiger partial charge in [0, 0.05) is 7.11 Å². The van der Waals surface area contributed by atoms with Gasteiger partial charge in [-0.2, -0.15) is 0 Å². The number of rotatable bonds is 1. The SMILES string of the molecule is COP1NC(=O)CS1. The molecular weight excluding hydrogens is 145 g/mol. The Bertz CT molecular complexity index is 109. The molecule has 0 aromatic rings. The normalized spacial score (nSPS) is 28.1. The summed E-state index contributed by atoms with van der Waals surface area (Å²) in [5.41, 5.74) is 0. The molecule has 0 aromatic carbocycles. The zero-order valence-corrected chi connectivity index (χ0v) is 6.09. The van der Waals surface area contributed by atoms with Crippen LogP contribution in [-0.2, 0) is 9.32 Å². The molecule has 5 heteroatoms. The Balaban J connectivity index is 2.32. The van der Waals surface area contributed by atoms with Crippen molar-refractivity contribution < 1.29 is 9.32 Å². The van der Waals surface area contributed by atoms with Crippen molar-refractivity contribution in [3.05, 3.63) is 0 Å². The highest BCUT2D eigenvalue weighted by Gasteiger charge is 2.20. The number of hydrogen-bond acceptors (Lipinski definition) is 3. The monoisotopic (exact) mass is 151 g/mol. The summed E-state index contributed by atoms with van der Waals surface area (Å²) in [6, 6.07) is 0. The first-order chi connectivity index (χ1) is 3.83. The van der Waals surface area contributed by atoms with Crippen LogP contribution in [0, 0.1) is 0 Å². The molecule has 0 saturated carbocycles. The van der Waals surface area contributed by atoms with Crippen molar-refractivity contribution in [1.29, 1.82) is 0 Å². The second-order valence-electron chi connectivity index (χ2n) is 1.25. The third-order valence-electron chi connectivity index (χ3n) is 0.695. The summed E-state index contributed by atoms with van der Waals surface area (Å²) in [5, 5.41) is 2.67. The summed E-state index contributed by atoms with van der Waals surface area (Å²) in [5.74, 6) is 0.641. The Kier molecular flexibility index (Phi) is 2.11. The van der Waals surface area contributed by atoms with Crippen LogP contribution in [0.1, 0.15) is 0 Å². The van der Waals surface area contributed by atoms with Crippen LogP contribution in [0.3, 0.4) is 0 Å². The minimum atomic E-state index is -0.665. The lowest BCUT2D eigenvalue weighted by molar-refractivity contribution is -0.116. The lowest BCUT2D eigenvalue weighted by atomic mass is 10.8. The molecule has 1 unspecified atom stereocenters. The molecular formula is C3H6NO2PS. The highest BCUT2D eigenvalue weighted by molar-refractivity contribution is 8.54. The summed E-state index contributed by atoms with van der Waals surface area (Å²) >= 11 is 1.53. The average Bonchev–Trinajstić information content (AvgIpc) is 2.14. The van der Waals surface area contributed by atoms with Gasteiger partial charge in [0.15, 0.2) is 7.50 Å². The van der Waals surface area contributed by atoms with Crippen LogP contribution >= 0.6 is 18.9 Å². The molecule has 1 N–H and O–H groups in total. The zero-order chi connectivity index (χ0) is 5.98. The molecule has 1 aliphatic heterocycles. The summed E-state index contributed by atoms with van der Waals surface area (Å²) < 4.78 is 4.88. The van der Waals surface area contributed by atoms with Gasteiger partial charge in [0.1, 0.15) is 0 Å². The van der Waals surface area contributed by atoms with E-state index in [9.17, 15) is 4.79 Å². The Hall–Kier alpha value is 0.210. The van der Waals surface area contributed by atoms with Crippen LogP contribution in [-0.4, -0.2) is 18.8 Å². The van der Waals surface area contributed by atoms with E-state index in [0.29, 0.717) is 5.75 Å². The van der Waals surface area contributed by atoms with Crippen LogP contribution in [0.4, 0.5) is 0 Å². The largest absolute Gasteiger partial charge is 0.334 e. The van der Waals surface area contributed by atoms with E-state index in [0.717, 1.165) is 0 Å². The van der Waals surface area contributed by atoms with Gasteiger partial charge in [-0.1, -0.05) is 11.4 Å². The first-order valence-corrected chi connectivity index (χ1v) is 4.94. The zero-order valence-electron chi connectivity index (χ0n) is 4.38. The Morgan fingerprint density at radius 2 is 2.75 bits per heavy atom. The summed E-state index contributed by atoms with van der Waals surface area (Å²) in [7, 11) is 0.936. The first-order valence-electron chi connectivity index (χ1n) is 2.09. The van der Waals surface area contributed by atoms with Gasteiger partial charge in [0.25, 0.3) is 0 Å².